The van der Waals surface area contributed by atoms with Crippen LogP contribution in [0.2, 0.25) is 0 Å². The number of rotatable bonds is 5. The van der Waals surface area contributed by atoms with Gasteiger partial charge in [0.1, 0.15) is 0 Å². The van der Waals surface area contributed by atoms with E-state index in [-0.39, 0.29) is 11.8 Å². The quantitative estimate of drug-likeness (QED) is 0.159. The van der Waals surface area contributed by atoms with Crippen LogP contribution in [0.3, 0.4) is 0 Å². The molecule has 322 valence electrons. The van der Waals surface area contributed by atoms with Crippen molar-refractivity contribution in [1.82, 2.24) is 0 Å². The van der Waals surface area contributed by atoms with E-state index in [1.54, 1.807) is 0 Å². The Bertz CT molecular complexity index is 3630. The number of hydrogen-bond acceptors (Lipinski definition) is 4. The molecule has 9 aromatic rings. The second-order valence-corrected chi connectivity index (χ2v) is 20.4. The van der Waals surface area contributed by atoms with Crippen molar-refractivity contribution >= 4 is 96.4 Å². The van der Waals surface area contributed by atoms with Gasteiger partial charge < -0.3 is 9.80 Å². The summed E-state index contributed by atoms with van der Waals surface area (Å²) in [5, 5.41) is 4.99. The lowest BCUT2D eigenvalue weighted by Gasteiger charge is -2.34. The van der Waals surface area contributed by atoms with Crippen LogP contribution in [0.4, 0.5) is 34.1 Å². The fourth-order valence-electron chi connectivity index (χ4n) is 11.3. The molecule has 2 unspecified atom stereocenters. The van der Waals surface area contributed by atoms with Gasteiger partial charge in [0.05, 0.1) is 22.7 Å². The van der Waals surface area contributed by atoms with Crippen LogP contribution in [0.25, 0.3) is 49.9 Å². The van der Waals surface area contributed by atoms with Gasteiger partial charge >= 0.3 is 0 Å². The molecule has 2 atom stereocenters. The van der Waals surface area contributed by atoms with E-state index in [0.29, 0.717) is 0 Å². The van der Waals surface area contributed by atoms with Crippen LogP contribution in [0, 0.1) is 11.8 Å². The van der Waals surface area contributed by atoms with Gasteiger partial charge in [-0.15, -0.1) is 0 Å². The van der Waals surface area contributed by atoms with Crippen LogP contribution < -0.4 is 9.80 Å². The molecule has 14 rings (SSSR count). The number of hydrogen-bond donors (Lipinski definition) is 0. The zero-order chi connectivity index (χ0) is 44.7. The Kier molecular flexibility index (Phi) is 9.38. The van der Waals surface area contributed by atoms with E-state index in [1.807, 2.05) is 23.5 Å². The molecule has 0 spiro atoms. The molecule has 3 aliphatic carbocycles. The zero-order valence-electron chi connectivity index (χ0n) is 37.2. The van der Waals surface area contributed by atoms with Crippen molar-refractivity contribution < 1.29 is 0 Å². The average Bonchev–Trinajstić information content (AvgIpc) is 3.40. The first kappa shape index (κ1) is 39.6. The predicted molar refractivity (Wildman–Crippen MR) is 290 cm³/mol. The minimum Gasteiger partial charge on any atom is -0.308 e. The smallest absolute Gasteiger partial charge is 0.0601 e. The summed E-state index contributed by atoms with van der Waals surface area (Å²) in [5.74, 6) is 0.513. The topological polar surface area (TPSA) is 6.48 Å². The van der Waals surface area contributed by atoms with Crippen molar-refractivity contribution in [1.29, 1.82) is 0 Å². The number of nitrogens with zero attached hydrogens (tertiary/aromatic N) is 2. The van der Waals surface area contributed by atoms with Gasteiger partial charge in [0.2, 0.25) is 0 Å². The van der Waals surface area contributed by atoms with Crippen LogP contribution >= 0.6 is 23.5 Å². The van der Waals surface area contributed by atoms with E-state index in [4.69, 9.17) is 0 Å². The van der Waals surface area contributed by atoms with Gasteiger partial charge in [-0.25, -0.2) is 0 Å². The molecule has 9 aromatic carbocycles. The number of anilines is 6. The van der Waals surface area contributed by atoms with E-state index < -0.39 is 0 Å². The van der Waals surface area contributed by atoms with Crippen LogP contribution in [-0.2, 0) is 6.42 Å². The molecule has 2 nitrogen and oxygen atoms in total. The first-order valence-corrected chi connectivity index (χ1v) is 25.4. The lowest BCUT2D eigenvalue weighted by atomic mass is 9.74. The number of fused-ring (bicyclic) bond motifs is 8. The Labute approximate surface area is 406 Å². The van der Waals surface area contributed by atoms with Crippen molar-refractivity contribution in [2.24, 2.45) is 11.8 Å². The maximum atomic E-state index is 2.57. The van der Waals surface area contributed by atoms with E-state index >= 15 is 0 Å². The van der Waals surface area contributed by atoms with Crippen molar-refractivity contribution in [2.75, 3.05) is 9.80 Å². The molecule has 0 fully saturated rings. The Morgan fingerprint density at radius 1 is 0.412 bits per heavy atom. The third kappa shape index (κ3) is 6.43. The predicted octanol–water partition coefficient (Wildman–Crippen LogP) is 18.3. The molecule has 0 saturated heterocycles. The highest BCUT2D eigenvalue weighted by Crippen LogP contribution is 2.56. The summed E-state index contributed by atoms with van der Waals surface area (Å²) < 4.78 is 0. The Morgan fingerprint density at radius 2 is 0.912 bits per heavy atom. The lowest BCUT2D eigenvalue weighted by molar-refractivity contribution is 0.665. The number of allylic oxidation sites excluding steroid dienone is 9. The van der Waals surface area contributed by atoms with Crippen LogP contribution in [0.5, 0.6) is 0 Å². The van der Waals surface area contributed by atoms with Crippen molar-refractivity contribution in [3.8, 4) is 11.1 Å². The zero-order valence-corrected chi connectivity index (χ0v) is 38.9. The largest absolute Gasteiger partial charge is 0.308 e. The second kappa shape index (κ2) is 16.1. The number of aryl methyl sites for hydroxylation is 1. The average molecular weight is 905 g/mol. The number of para-hydroxylation sites is 4. The van der Waals surface area contributed by atoms with Crippen LogP contribution in [0.15, 0.2) is 244 Å². The highest BCUT2D eigenvalue weighted by molar-refractivity contribution is 8.00. The van der Waals surface area contributed by atoms with Gasteiger partial charge in [0.15, 0.2) is 0 Å². The van der Waals surface area contributed by atoms with Crippen molar-refractivity contribution in [2.45, 2.75) is 32.4 Å². The molecule has 0 N–H and O–H groups in total. The first-order chi connectivity index (χ1) is 33.7. The minimum atomic E-state index is 0.236. The molecule has 0 saturated carbocycles. The Morgan fingerprint density at radius 3 is 1.49 bits per heavy atom. The standard InChI is InChI=1S/C64H44N2S2/c1-2-17-42(18-3-1)51-37-44-20-6-7-21-45(44)38-52(51)64-50-35-33-47(65-55-22-8-12-26-59(55)67-60-27-13-9-23-56(60)65)39-53(50)63(46-31-30-41-16-4-5-19-43(41)36-46)49-34-32-48(40-54(49)64)66-57-24-10-14-28-61(57)68-62-29-15-11-25-58(62)66/h1-4,6-18,20-40,44-45H,5,19H2. The highest BCUT2D eigenvalue weighted by Gasteiger charge is 2.31. The van der Waals surface area contributed by atoms with E-state index in [0.717, 1.165) is 24.2 Å². The monoisotopic (exact) mass is 904 g/mol. The van der Waals surface area contributed by atoms with E-state index in [1.165, 1.54) is 108 Å². The van der Waals surface area contributed by atoms with Gasteiger partial charge in [0.25, 0.3) is 0 Å². The van der Waals surface area contributed by atoms with Crippen molar-refractivity contribution in [3.63, 3.8) is 0 Å². The SMILES string of the molecule is C1=CC2C=C(c3ccccc3)C(c3c4cc(N5c6ccccc6Sc6ccccc65)ccc4c(-c4ccc5c(c4)CCC=C5)c4cc(N5c6ccccc6Sc6ccccc65)ccc34)=CC2C=C1. The summed E-state index contributed by atoms with van der Waals surface area (Å²) in [4.78, 5) is 10.0. The van der Waals surface area contributed by atoms with Gasteiger partial charge in [-0.1, -0.05) is 181 Å². The summed E-state index contributed by atoms with van der Waals surface area (Å²) >= 11 is 3.71. The third-order valence-electron chi connectivity index (χ3n) is 14.4. The molecule has 4 heteroatoms. The summed E-state index contributed by atoms with van der Waals surface area (Å²) in [7, 11) is 0. The maximum absolute atomic E-state index is 2.57. The number of benzene rings is 9. The van der Waals surface area contributed by atoms with Gasteiger partial charge in [0, 0.05) is 42.8 Å². The normalized spacial score (nSPS) is 17.4. The van der Waals surface area contributed by atoms with Crippen molar-refractivity contribution in [3.05, 3.63) is 247 Å². The maximum Gasteiger partial charge on any atom is 0.0601 e. The molecule has 2 heterocycles. The van der Waals surface area contributed by atoms with E-state index in [2.05, 4.69) is 240 Å². The van der Waals surface area contributed by atoms with Gasteiger partial charge in [-0.2, -0.15) is 0 Å². The molecule has 68 heavy (non-hydrogen) atoms. The molecular formula is C64H44N2S2. The lowest BCUT2D eigenvalue weighted by Crippen LogP contribution is -2.16. The Hall–Kier alpha value is -7.50. The molecule has 2 aliphatic heterocycles. The molecular weight excluding hydrogens is 861 g/mol. The molecule has 0 radical (unpaired) electrons. The second-order valence-electron chi connectivity index (χ2n) is 18.3. The highest BCUT2D eigenvalue weighted by atomic mass is 32.2. The first-order valence-electron chi connectivity index (χ1n) is 23.7. The van der Waals surface area contributed by atoms with Crippen LogP contribution in [0.1, 0.15) is 28.7 Å². The van der Waals surface area contributed by atoms with Gasteiger partial charge in [-0.3, -0.25) is 0 Å². The Balaban J connectivity index is 1.11. The minimum absolute atomic E-state index is 0.236. The third-order valence-corrected chi connectivity index (χ3v) is 16.6. The molecule has 5 aliphatic rings. The van der Waals surface area contributed by atoms with Crippen LogP contribution in [-0.4, -0.2) is 0 Å². The summed E-state index contributed by atoms with van der Waals surface area (Å²) in [6, 6.07) is 68.4. The molecule has 0 aromatic heterocycles. The van der Waals surface area contributed by atoms with E-state index in [9.17, 15) is 0 Å². The van der Waals surface area contributed by atoms with Gasteiger partial charge in [-0.05, 0) is 152 Å². The fraction of sp³-hybridized carbons (Fsp3) is 0.0625. The molecule has 0 bridgehead atoms. The summed E-state index contributed by atoms with van der Waals surface area (Å²) in [6.45, 7) is 0. The summed E-state index contributed by atoms with van der Waals surface area (Å²) in [5.41, 5.74) is 17.4. The summed E-state index contributed by atoms with van der Waals surface area (Å²) in [6.07, 6.45) is 21.0. The fourth-order valence-corrected chi connectivity index (χ4v) is 13.4. The molecule has 0 amide bonds.